The molecule has 0 aliphatic heterocycles. The van der Waals surface area contributed by atoms with E-state index >= 15 is 0 Å². The first-order valence-corrected chi connectivity index (χ1v) is 5.04. The molecule has 0 bridgehead atoms. The van der Waals surface area contributed by atoms with Crippen molar-refractivity contribution in [3.8, 4) is 12.3 Å². The molecule has 14 heavy (non-hydrogen) atoms. The summed E-state index contributed by atoms with van der Waals surface area (Å²) in [4.78, 5) is 13.1. The Bertz CT molecular complexity index is 356. The standard InChI is InChI=1S/C10H12N2OS/c1-3-4-5-12-10(13)9-6-8(11)7(2)14-9/h1,6H,4-5,11H2,2H3,(H,12,13). The highest BCUT2D eigenvalue weighted by molar-refractivity contribution is 7.14. The molecule has 0 saturated carbocycles. The van der Waals surface area contributed by atoms with Gasteiger partial charge in [0.25, 0.3) is 5.91 Å². The molecule has 3 nitrogen and oxygen atoms in total. The van der Waals surface area contributed by atoms with Crippen LogP contribution in [-0.2, 0) is 0 Å². The Morgan fingerprint density at radius 2 is 2.50 bits per heavy atom. The van der Waals surface area contributed by atoms with Crippen LogP contribution >= 0.6 is 11.3 Å². The average molecular weight is 208 g/mol. The minimum Gasteiger partial charge on any atom is -0.398 e. The molecule has 1 rings (SSSR count). The maximum absolute atomic E-state index is 11.5. The second-order valence-corrected chi connectivity index (χ2v) is 4.09. The third kappa shape index (κ3) is 2.51. The summed E-state index contributed by atoms with van der Waals surface area (Å²) in [5, 5.41) is 2.71. The molecule has 4 heteroatoms. The topological polar surface area (TPSA) is 55.1 Å². The van der Waals surface area contributed by atoms with Crippen LogP contribution in [0.15, 0.2) is 6.07 Å². The maximum Gasteiger partial charge on any atom is 0.261 e. The average Bonchev–Trinajstić information content (AvgIpc) is 2.47. The fourth-order valence-corrected chi connectivity index (χ4v) is 1.80. The molecule has 0 aliphatic carbocycles. The van der Waals surface area contributed by atoms with Gasteiger partial charge in [-0.15, -0.1) is 23.7 Å². The highest BCUT2D eigenvalue weighted by Crippen LogP contribution is 2.22. The van der Waals surface area contributed by atoms with Crippen LogP contribution in [0.3, 0.4) is 0 Å². The molecule has 3 N–H and O–H groups in total. The first-order valence-electron chi connectivity index (χ1n) is 4.22. The lowest BCUT2D eigenvalue weighted by atomic mass is 10.3. The monoisotopic (exact) mass is 208 g/mol. The van der Waals surface area contributed by atoms with Crippen molar-refractivity contribution in [2.45, 2.75) is 13.3 Å². The van der Waals surface area contributed by atoms with Gasteiger partial charge in [-0.3, -0.25) is 4.79 Å². The van der Waals surface area contributed by atoms with Gasteiger partial charge in [-0.2, -0.15) is 0 Å². The molecular formula is C10H12N2OS. The summed E-state index contributed by atoms with van der Waals surface area (Å²) in [5.41, 5.74) is 6.30. The summed E-state index contributed by atoms with van der Waals surface area (Å²) < 4.78 is 0. The number of anilines is 1. The van der Waals surface area contributed by atoms with E-state index in [2.05, 4.69) is 11.2 Å². The minimum absolute atomic E-state index is 0.106. The lowest BCUT2D eigenvalue weighted by Gasteiger charge is -1.98. The fourth-order valence-electron chi connectivity index (χ4n) is 0.943. The Kier molecular flexibility index (Phi) is 3.55. The predicted molar refractivity (Wildman–Crippen MR) is 59.3 cm³/mol. The molecule has 1 aromatic rings. The summed E-state index contributed by atoms with van der Waals surface area (Å²) in [6.07, 6.45) is 5.61. The van der Waals surface area contributed by atoms with E-state index in [1.54, 1.807) is 6.07 Å². The van der Waals surface area contributed by atoms with Crippen molar-refractivity contribution >= 4 is 22.9 Å². The lowest BCUT2D eigenvalue weighted by Crippen LogP contribution is -2.23. The first kappa shape index (κ1) is 10.6. The number of terminal acetylenes is 1. The molecule has 0 atom stereocenters. The Morgan fingerprint density at radius 1 is 1.79 bits per heavy atom. The van der Waals surface area contributed by atoms with Gasteiger partial charge >= 0.3 is 0 Å². The molecule has 0 unspecified atom stereocenters. The molecular weight excluding hydrogens is 196 g/mol. The normalized spacial score (nSPS) is 9.43. The Labute approximate surface area is 87.3 Å². The van der Waals surface area contributed by atoms with Crippen molar-refractivity contribution in [2.75, 3.05) is 12.3 Å². The number of nitrogens with two attached hydrogens (primary N) is 1. The summed E-state index contributed by atoms with van der Waals surface area (Å²) >= 11 is 1.39. The second kappa shape index (κ2) is 4.68. The lowest BCUT2D eigenvalue weighted by molar-refractivity contribution is 0.0958. The van der Waals surface area contributed by atoms with Crippen molar-refractivity contribution in [2.24, 2.45) is 0 Å². The van der Waals surface area contributed by atoms with E-state index in [4.69, 9.17) is 12.2 Å². The zero-order chi connectivity index (χ0) is 10.6. The molecule has 0 aromatic carbocycles. The van der Waals surface area contributed by atoms with Crippen LogP contribution in [-0.4, -0.2) is 12.5 Å². The molecule has 74 valence electrons. The third-order valence-electron chi connectivity index (χ3n) is 1.73. The van der Waals surface area contributed by atoms with E-state index in [1.165, 1.54) is 11.3 Å². The number of amides is 1. The summed E-state index contributed by atoms with van der Waals surface area (Å²) in [6.45, 7) is 2.39. The van der Waals surface area contributed by atoms with Gasteiger partial charge in [0.1, 0.15) is 0 Å². The van der Waals surface area contributed by atoms with E-state index in [1.807, 2.05) is 6.92 Å². The van der Waals surface area contributed by atoms with Gasteiger partial charge in [-0.05, 0) is 13.0 Å². The molecule has 1 aromatic heterocycles. The van der Waals surface area contributed by atoms with Gasteiger partial charge in [-0.1, -0.05) is 0 Å². The van der Waals surface area contributed by atoms with Crippen molar-refractivity contribution in [1.29, 1.82) is 0 Å². The first-order chi connectivity index (χ1) is 6.65. The molecule has 1 amide bonds. The van der Waals surface area contributed by atoms with Crippen LogP contribution in [0.1, 0.15) is 21.0 Å². The Hall–Kier alpha value is -1.47. The molecule has 1 heterocycles. The number of aryl methyl sites for hydroxylation is 1. The van der Waals surface area contributed by atoms with Crippen molar-refractivity contribution < 1.29 is 4.79 Å². The van der Waals surface area contributed by atoms with Gasteiger partial charge in [0, 0.05) is 23.5 Å². The van der Waals surface area contributed by atoms with Crippen LogP contribution in [0.4, 0.5) is 5.69 Å². The van der Waals surface area contributed by atoms with E-state index in [0.717, 1.165) is 4.88 Å². The van der Waals surface area contributed by atoms with Gasteiger partial charge in [0.05, 0.1) is 4.88 Å². The number of carbonyl (C=O) groups is 1. The number of hydrogen-bond donors (Lipinski definition) is 2. The van der Waals surface area contributed by atoms with Crippen molar-refractivity contribution in [1.82, 2.24) is 5.32 Å². The Balaban J connectivity index is 2.57. The van der Waals surface area contributed by atoms with Gasteiger partial charge in [-0.25, -0.2) is 0 Å². The van der Waals surface area contributed by atoms with Gasteiger partial charge in [0.15, 0.2) is 0 Å². The smallest absolute Gasteiger partial charge is 0.261 e. The van der Waals surface area contributed by atoms with Crippen LogP contribution in [0, 0.1) is 19.3 Å². The van der Waals surface area contributed by atoms with Gasteiger partial charge in [0.2, 0.25) is 0 Å². The zero-order valence-corrected chi connectivity index (χ0v) is 8.78. The summed E-state index contributed by atoms with van der Waals surface area (Å²) in [5.74, 6) is 2.35. The van der Waals surface area contributed by atoms with Gasteiger partial charge < -0.3 is 11.1 Å². The highest BCUT2D eigenvalue weighted by atomic mass is 32.1. The number of nitrogen functional groups attached to an aromatic ring is 1. The molecule has 0 saturated heterocycles. The largest absolute Gasteiger partial charge is 0.398 e. The van der Waals surface area contributed by atoms with Crippen LogP contribution < -0.4 is 11.1 Å². The molecule has 0 spiro atoms. The van der Waals surface area contributed by atoms with Crippen LogP contribution in [0.25, 0.3) is 0 Å². The quantitative estimate of drug-likeness (QED) is 0.582. The summed E-state index contributed by atoms with van der Waals surface area (Å²) in [6, 6.07) is 1.69. The van der Waals surface area contributed by atoms with Crippen LogP contribution in [0.5, 0.6) is 0 Å². The van der Waals surface area contributed by atoms with Crippen molar-refractivity contribution in [3.05, 3.63) is 15.8 Å². The molecule has 0 radical (unpaired) electrons. The van der Waals surface area contributed by atoms with E-state index in [0.29, 0.717) is 23.5 Å². The zero-order valence-electron chi connectivity index (χ0n) is 7.96. The van der Waals surface area contributed by atoms with Crippen molar-refractivity contribution in [3.63, 3.8) is 0 Å². The van der Waals surface area contributed by atoms with Crippen LogP contribution in [0.2, 0.25) is 0 Å². The summed E-state index contributed by atoms with van der Waals surface area (Å²) in [7, 11) is 0. The number of carbonyl (C=O) groups excluding carboxylic acids is 1. The van der Waals surface area contributed by atoms with E-state index in [9.17, 15) is 4.79 Å². The minimum atomic E-state index is -0.106. The number of hydrogen-bond acceptors (Lipinski definition) is 3. The predicted octanol–water partition coefficient (Wildman–Crippen LogP) is 1.39. The second-order valence-electron chi connectivity index (χ2n) is 2.83. The highest BCUT2D eigenvalue weighted by Gasteiger charge is 2.09. The SMILES string of the molecule is C#CCCNC(=O)c1cc(N)c(C)s1. The Morgan fingerprint density at radius 3 is 3.00 bits per heavy atom. The number of thiophene rings is 1. The van der Waals surface area contributed by atoms with E-state index < -0.39 is 0 Å². The number of rotatable bonds is 3. The van der Waals surface area contributed by atoms with E-state index in [-0.39, 0.29) is 5.91 Å². The third-order valence-corrected chi connectivity index (χ3v) is 2.80. The molecule has 0 aliphatic rings. The molecule has 0 fully saturated rings. The fraction of sp³-hybridized carbons (Fsp3) is 0.300. The number of nitrogens with one attached hydrogen (secondary N) is 1. The maximum atomic E-state index is 11.5.